The lowest BCUT2D eigenvalue weighted by Gasteiger charge is -2.37. The summed E-state index contributed by atoms with van der Waals surface area (Å²) < 4.78 is 28.3. The second-order valence-electron chi connectivity index (χ2n) is 4.71. The van der Waals surface area contributed by atoms with Gasteiger partial charge in [0.05, 0.1) is 13.0 Å². The van der Waals surface area contributed by atoms with E-state index in [2.05, 4.69) is 4.74 Å². The van der Waals surface area contributed by atoms with Crippen LogP contribution in [0.25, 0.3) is 0 Å². The number of likely N-dealkylation sites (tertiary alicyclic amines) is 1. The Labute approximate surface area is 110 Å². The topological polar surface area (TPSA) is 66.8 Å². The van der Waals surface area contributed by atoms with Gasteiger partial charge in [-0.3, -0.25) is 4.79 Å². The highest BCUT2D eigenvalue weighted by Gasteiger charge is 2.36. The first-order valence-electron chi connectivity index (χ1n) is 6.31. The number of carboxylic acid groups (broad SMARTS) is 1. The van der Waals surface area contributed by atoms with Crippen molar-refractivity contribution in [1.29, 1.82) is 0 Å². The van der Waals surface area contributed by atoms with Crippen LogP contribution in [0.5, 0.6) is 0 Å². The second kappa shape index (κ2) is 7.37. The van der Waals surface area contributed by atoms with Crippen LogP contribution in [-0.4, -0.2) is 54.1 Å². The molecule has 0 aromatic heterocycles. The first kappa shape index (κ1) is 15.8. The van der Waals surface area contributed by atoms with Gasteiger partial charge in [-0.2, -0.15) is 0 Å². The van der Waals surface area contributed by atoms with Crippen molar-refractivity contribution in [1.82, 2.24) is 4.90 Å². The van der Waals surface area contributed by atoms with Gasteiger partial charge >= 0.3 is 5.97 Å². The average molecular weight is 279 g/mol. The molecule has 19 heavy (non-hydrogen) atoms. The molecular formula is C12H19F2NO4. The Balaban J connectivity index is 2.47. The summed E-state index contributed by atoms with van der Waals surface area (Å²) in [6.07, 6.45) is -1.10. The fraction of sp³-hybridized carbons (Fsp3) is 0.833. The number of piperidine rings is 1. The molecule has 0 radical (unpaired) electrons. The van der Waals surface area contributed by atoms with E-state index in [-0.39, 0.29) is 24.9 Å². The van der Waals surface area contributed by atoms with Crippen molar-refractivity contribution in [2.45, 2.75) is 38.7 Å². The molecule has 7 heteroatoms. The maximum atomic E-state index is 11.9. The number of halogens is 2. The van der Waals surface area contributed by atoms with Gasteiger partial charge in [0.15, 0.2) is 0 Å². The third-order valence-corrected chi connectivity index (χ3v) is 3.21. The fourth-order valence-corrected chi connectivity index (χ4v) is 2.32. The highest BCUT2D eigenvalue weighted by Crippen LogP contribution is 2.24. The van der Waals surface area contributed by atoms with Crippen molar-refractivity contribution in [3.63, 3.8) is 0 Å². The molecule has 0 aliphatic carbocycles. The summed E-state index contributed by atoms with van der Waals surface area (Å²) in [7, 11) is 0. The minimum atomic E-state index is -2.56. The Kier molecular flexibility index (Phi) is 6.14. The molecule has 1 aliphatic rings. The number of alkyl halides is 2. The standard InChI is InChI=1S/C12H19F2NO4/c1-8-3-2-5-15(11(8)12(17)18)10(16)4-6-19-7-9(13)14/h8-9,11H,2-7H2,1H3,(H,17,18). The highest BCUT2D eigenvalue weighted by molar-refractivity contribution is 5.84. The lowest BCUT2D eigenvalue weighted by molar-refractivity contribution is -0.155. The number of nitrogens with zero attached hydrogens (tertiary/aromatic N) is 1. The Hall–Kier alpha value is -1.24. The van der Waals surface area contributed by atoms with Crippen molar-refractivity contribution in [2.75, 3.05) is 19.8 Å². The molecule has 1 fully saturated rings. The van der Waals surface area contributed by atoms with Crippen molar-refractivity contribution < 1.29 is 28.2 Å². The molecule has 1 saturated heterocycles. The van der Waals surface area contributed by atoms with Crippen LogP contribution in [0.4, 0.5) is 8.78 Å². The van der Waals surface area contributed by atoms with Gasteiger partial charge in [0, 0.05) is 6.54 Å². The van der Waals surface area contributed by atoms with Crippen LogP contribution in [0.1, 0.15) is 26.2 Å². The van der Waals surface area contributed by atoms with Crippen LogP contribution >= 0.6 is 0 Å². The maximum absolute atomic E-state index is 11.9. The van der Waals surface area contributed by atoms with Crippen LogP contribution in [0.3, 0.4) is 0 Å². The molecule has 5 nitrogen and oxygen atoms in total. The third-order valence-electron chi connectivity index (χ3n) is 3.21. The molecule has 2 unspecified atom stereocenters. The van der Waals surface area contributed by atoms with Crippen LogP contribution < -0.4 is 0 Å². The van der Waals surface area contributed by atoms with E-state index < -0.39 is 25.0 Å². The molecule has 110 valence electrons. The SMILES string of the molecule is CC1CCCN(C(=O)CCOCC(F)F)C1C(=O)O. The number of hydrogen-bond donors (Lipinski definition) is 1. The maximum Gasteiger partial charge on any atom is 0.326 e. The smallest absolute Gasteiger partial charge is 0.326 e. The molecule has 0 spiro atoms. The van der Waals surface area contributed by atoms with E-state index in [0.29, 0.717) is 6.54 Å². The van der Waals surface area contributed by atoms with E-state index in [1.165, 1.54) is 4.90 Å². The highest BCUT2D eigenvalue weighted by atomic mass is 19.3. The van der Waals surface area contributed by atoms with Crippen molar-refractivity contribution in [3.8, 4) is 0 Å². The van der Waals surface area contributed by atoms with E-state index in [0.717, 1.165) is 12.8 Å². The number of amides is 1. The Morgan fingerprint density at radius 2 is 2.16 bits per heavy atom. The minimum absolute atomic E-state index is 0.0662. The monoisotopic (exact) mass is 279 g/mol. The predicted molar refractivity (Wildman–Crippen MR) is 63.0 cm³/mol. The minimum Gasteiger partial charge on any atom is -0.480 e. The molecule has 0 aromatic rings. The largest absolute Gasteiger partial charge is 0.480 e. The number of carbonyl (C=O) groups is 2. The van der Waals surface area contributed by atoms with E-state index in [1.54, 1.807) is 6.92 Å². The quantitative estimate of drug-likeness (QED) is 0.746. The van der Waals surface area contributed by atoms with E-state index in [9.17, 15) is 18.4 Å². The molecule has 2 atom stereocenters. The summed E-state index contributed by atoms with van der Waals surface area (Å²) in [6.45, 7) is 1.38. The number of hydrogen-bond acceptors (Lipinski definition) is 3. The van der Waals surface area contributed by atoms with Gasteiger partial charge in [0.1, 0.15) is 12.6 Å². The zero-order chi connectivity index (χ0) is 14.4. The van der Waals surface area contributed by atoms with Crippen molar-refractivity contribution in [3.05, 3.63) is 0 Å². The van der Waals surface area contributed by atoms with Crippen LogP contribution in [0, 0.1) is 5.92 Å². The zero-order valence-corrected chi connectivity index (χ0v) is 10.8. The van der Waals surface area contributed by atoms with E-state index >= 15 is 0 Å². The summed E-state index contributed by atoms with van der Waals surface area (Å²) in [5.74, 6) is -1.47. The molecule has 1 aliphatic heterocycles. The van der Waals surface area contributed by atoms with Gasteiger partial charge in [-0.15, -0.1) is 0 Å². The molecule has 0 saturated carbocycles. The lowest BCUT2D eigenvalue weighted by atomic mass is 9.90. The van der Waals surface area contributed by atoms with Gasteiger partial charge in [-0.25, -0.2) is 13.6 Å². The molecule has 0 aromatic carbocycles. The summed E-state index contributed by atoms with van der Waals surface area (Å²) in [6, 6.07) is -0.823. The number of carboxylic acids is 1. The lowest BCUT2D eigenvalue weighted by Crippen LogP contribution is -2.52. The van der Waals surface area contributed by atoms with Gasteiger partial charge in [0.25, 0.3) is 6.43 Å². The first-order valence-corrected chi connectivity index (χ1v) is 6.31. The molecule has 1 N–H and O–H groups in total. The third kappa shape index (κ3) is 4.74. The first-order chi connectivity index (χ1) is 8.93. The Bertz CT molecular complexity index is 325. The number of carbonyl (C=O) groups excluding carboxylic acids is 1. The van der Waals surface area contributed by atoms with Crippen LogP contribution in [-0.2, 0) is 14.3 Å². The summed E-state index contributed by atoms with van der Waals surface area (Å²) in [5, 5.41) is 9.15. The van der Waals surface area contributed by atoms with E-state index in [4.69, 9.17) is 5.11 Å². The van der Waals surface area contributed by atoms with Gasteiger partial charge in [-0.05, 0) is 18.8 Å². The van der Waals surface area contributed by atoms with Crippen molar-refractivity contribution >= 4 is 11.9 Å². The van der Waals surface area contributed by atoms with Crippen molar-refractivity contribution in [2.24, 2.45) is 5.92 Å². The van der Waals surface area contributed by atoms with Gasteiger partial charge in [-0.1, -0.05) is 6.92 Å². The number of rotatable bonds is 6. The molecule has 1 amide bonds. The normalized spacial score (nSPS) is 23.7. The van der Waals surface area contributed by atoms with Gasteiger partial charge in [0.2, 0.25) is 5.91 Å². The van der Waals surface area contributed by atoms with Crippen LogP contribution in [0.2, 0.25) is 0 Å². The number of ether oxygens (including phenoxy) is 1. The van der Waals surface area contributed by atoms with E-state index in [1.807, 2.05) is 0 Å². The summed E-state index contributed by atoms with van der Waals surface area (Å²) in [5.41, 5.74) is 0. The number of aliphatic carboxylic acids is 1. The Morgan fingerprint density at radius 3 is 2.74 bits per heavy atom. The Morgan fingerprint density at radius 1 is 1.47 bits per heavy atom. The molecule has 1 rings (SSSR count). The average Bonchev–Trinajstić information content (AvgIpc) is 2.33. The second-order valence-corrected chi connectivity index (χ2v) is 4.71. The summed E-state index contributed by atoms with van der Waals surface area (Å²) >= 11 is 0. The van der Waals surface area contributed by atoms with Gasteiger partial charge < -0.3 is 14.7 Å². The zero-order valence-electron chi connectivity index (χ0n) is 10.8. The molecule has 0 bridgehead atoms. The predicted octanol–water partition coefficient (Wildman–Crippen LogP) is 1.37. The molecular weight excluding hydrogens is 260 g/mol. The fourth-order valence-electron chi connectivity index (χ4n) is 2.32. The van der Waals surface area contributed by atoms with Crippen LogP contribution in [0.15, 0.2) is 0 Å². The summed E-state index contributed by atoms with van der Waals surface area (Å²) in [4.78, 5) is 24.4. The molecule has 1 heterocycles.